The summed E-state index contributed by atoms with van der Waals surface area (Å²) >= 11 is 0. The van der Waals surface area contributed by atoms with Crippen molar-refractivity contribution in [3.8, 4) is 5.75 Å². The van der Waals surface area contributed by atoms with Crippen LogP contribution in [0, 0.1) is 19.8 Å². The molecule has 0 unspecified atom stereocenters. The molecule has 5 aromatic rings. The summed E-state index contributed by atoms with van der Waals surface area (Å²) in [4.78, 5) is 36.0. The van der Waals surface area contributed by atoms with Gasteiger partial charge in [-0.2, -0.15) is 0 Å². The lowest BCUT2D eigenvalue weighted by molar-refractivity contribution is -0.133. The lowest BCUT2D eigenvalue weighted by atomic mass is 9.78. The van der Waals surface area contributed by atoms with E-state index in [1.807, 2.05) is 67.2 Å². The van der Waals surface area contributed by atoms with Gasteiger partial charge in [0.05, 0.1) is 11.6 Å². The lowest BCUT2D eigenvalue weighted by Gasteiger charge is -2.31. The number of imide groups is 1. The van der Waals surface area contributed by atoms with Crippen LogP contribution in [0.5, 0.6) is 5.75 Å². The Labute approximate surface area is 299 Å². The van der Waals surface area contributed by atoms with Crippen LogP contribution in [0.4, 0.5) is 4.79 Å². The smallest absolute Gasteiger partial charge is 0.416 e. The van der Waals surface area contributed by atoms with Gasteiger partial charge in [-0.15, -0.1) is 5.10 Å². The molecule has 4 heterocycles. The number of hydrogen-bond acceptors (Lipinski definition) is 8. The van der Waals surface area contributed by atoms with Crippen molar-refractivity contribution in [1.29, 1.82) is 0 Å². The number of pyridine rings is 1. The first kappa shape index (κ1) is 34.4. The van der Waals surface area contributed by atoms with Crippen molar-refractivity contribution in [2.75, 3.05) is 13.2 Å². The van der Waals surface area contributed by atoms with E-state index in [0.29, 0.717) is 26.1 Å². The Kier molecular flexibility index (Phi) is 9.37. The fraction of sp³-hybridized carbons (Fsp3) is 0.390. The van der Waals surface area contributed by atoms with E-state index in [4.69, 9.17) is 9.47 Å². The molecule has 264 valence electrons. The third kappa shape index (κ3) is 6.85. The Morgan fingerprint density at radius 1 is 1.06 bits per heavy atom. The van der Waals surface area contributed by atoms with E-state index in [0.717, 1.165) is 56.7 Å². The first-order valence-corrected chi connectivity index (χ1v) is 17.8. The Bertz CT molecular complexity index is 2080. The highest BCUT2D eigenvalue weighted by Gasteiger charge is 2.42. The molecule has 2 aliphatic rings. The SMILES string of the molecule is CCn1nnc2c(C)c([C@H](c3ccc(C)c(CN4Cc5cnccc5OC(C)(C)C4)c3)[C@@H](C)C(=O)N3C(=O)OC[C@H]3Cc3ccccc3)ccc21. The molecule has 10 nitrogen and oxygen atoms in total. The van der Waals surface area contributed by atoms with Gasteiger partial charge in [-0.05, 0) is 86.6 Å². The number of rotatable bonds is 9. The second-order valence-electron chi connectivity index (χ2n) is 14.6. The zero-order valence-electron chi connectivity index (χ0n) is 30.3. The summed E-state index contributed by atoms with van der Waals surface area (Å²) in [5.74, 6) is -0.344. The van der Waals surface area contributed by atoms with Gasteiger partial charge in [0.2, 0.25) is 5.91 Å². The molecule has 2 amide bonds. The summed E-state index contributed by atoms with van der Waals surface area (Å²) in [6, 6.07) is 22.1. The molecule has 10 heteroatoms. The van der Waals surface area contributed by atoms with E-state index in [2.05, 4.69) is 72.2 Å². The number of ether oxygens (including phenoxy) is 2. The van der Waals surface area contributed by atoms with Gasteiger partial charge in [-0.25, -0.2) is 14.4 Å². The van der Waals surface area contributed by atoms with E-state index in [-0.39, 0.29) is 24.5 Å². The molecular weight excluding hydrogens is 640 g/mol. The highest BCUT2D eigenvalue weighted by Crippen LogP contribution is 2.39. The van der Waals surface area contributed by atoms with E-state index in [9.17, 15) is 9.59 Å². The number of carbonyl (C=O) groups is 2. The van der Waals surface area contributed by atoms with Crippen LogP contribution in [0.25, 0.3) is 11.0 Å². The van der Waals surface area contributed by atoms with Crippen molar-refractivity contribution in [3.05, 3.63) is 118 Å². The van der Waals surface area contributed by atoms with Gasteiger partial charge >= 0.3 is 6.09 Å². The number of hydrogen-bond donors (Lipinski definition) is 0. The number of cyclic esters (lactones) is 1. The Morgan fingerprint density at radius 3 is 2.65 bits per heavy atom. The number of aromatic nitrogens is 4. The Morgan fingerprint density at radius 2 is 1.86 bits per heavy atom. The number of nitrogens with zero attached hydrogens (tertiary/aromatic N) is 6. The minimum absolute atomic E-state index is 0.172. The van der Waals surface area contributed by atoms with Crippen LogP contribution in [-0.2, 0) is 35.6 Å². The molecule has 7 rings (SSSR count). The number of amides is 2. The van der Waals surface area contributed by atoms with Gasteiger partial charge in [0, 0.05) is 56.0 Å². The van der Waals surface area contributed by atoms with Crippen LogP contribution in [-0.4, -0.2) is 66.6 Å². The van der Waals surface area contributed by atoms with E-state index < -0.39 is 17.6 Å². The summed E-state index contributed by atoms with van der Waals surface area (Å²) in [5.41, 5.74) is 8.75. The van der Waals surface area contributed by atoms with Crippen LogP contribution in [0.3, 0.4) is 0 Å². The van der Waals surface area contributed by atoms with Gasteiger partial charge in [0.15, 0.2) is 0 Å². The number of fused-ring (bicyclic) bond motifs is 2. The van der Waals surface area contributed by atoms with Gasteiger partial charge in [0.1, 0.15) is 23.5 Å². The predicted octanol–water partition coefficient (Wildman–Crippen LogP) is 6.99. The standard InChI is InChI=1S/C41H46N6O4/c1-7-46-35-16-15-34(27(3)38(35)43-44-46)37(28(4)39(48)47-33(24-50-40(47)49)19-29-11-9-8-10-12-29)30-14-13-26(2)31(20-30)22-45-23-32-21-42-18-17-36(32)51-41(5,6)25-45/h8-18,20-21,28,33,37H,7,19,22-25H2,1-6H3/t28-,33-,37+/m1/s1. The molecule has 3 aromatic carbocycles. The van der Waals surface area contributed by atoms with Crippen molar-refractivity contribution in [2.24, 2.45) is 5.92 Å². The summed E-state index contributed by atoms with van der Waals surface area (Å²) in [7, 11) is 0. The van der Waals surface area contributed by atoms with Crippen LogP contribution < -0.4 is 4.74 Å². The second-order valence-corrected chi connectivity index (χ2v) is 14.6. The van der Waals surface area contributed by atoms with Gasteiger partial charge in [0.25, 0.3) is 0 Å². The molecule has 3 atom stereocenters. The third-order valence-corrected chi connectivity index (χ3v) is 10.4. The minimum Gasteiger partial charge on any atom is -0.486 e. The number of benzene rings is 3. The van der Waals surface area contributed by atoms with Crippen LogP contribution >= 0.6 is 0 Å². The monoisotopic (exact) mass is 686 g/mol. The maximum absolute atomic E-state index is 14.6. The summed E-state index contributed by atoms with van der Waals surface area (Å²) in [5, 5.41) is 8.93. The zero-order chi connectivity index (χ0) is 35.9. The molecule has 0 bridgehead atoms. The van der Waals surface area contributed by atoms with Crippen molar-refractivity contribution in [3.63, 3.8) is 0 Å². The van der Waals surface area contributed by atoms with Crippen molar-refractivity contribution >= 4 is 23.0 Å². The molecule has 0 saturated carbocycles. The fourth-order valence-electron chi connectivity index (χ4n) is 7.83. The molecule has 0 aliphatic carbocycles. The lowest BCUT2D eigenvalue weighted by Crippen LogP contribution is -2.44. The molecular formula is C41H46N6O4. The molecule has 0 radical (unpaired) electrons. The van der Waals surface area contributed by atoms with Crippen LogP contribution in [0.1, 0.15) is 72.6 Å². The fourth-order valence-corrected chi connectivity index (χ4v) is 7.83. The molecule has 0 spiro atoms. The normalized spacial score (nSPS) is 18.5. The second kappa shape index (κ2) is 13.9. The van der Waals surface area contributed by atoms with Gasteiger partial charge in [-0.1, -0.05) is 66.7 Å². The first-order chi connectivity index (χ1) is 24.5. The van der Waals surface area contributed by atoms with Crippen LogP contribution in [0.2, 0.25) is 0 Å². The van der Waals surface area contributed by atoms with Crippen molar-refractivity contribution in [2.45, 2.75) is 85.2 Å². The molecule has 51 heavy (non-hydrogen) atoms. The first-order valence-electron chi connectivity index (χ1n) is 17.8. The Balaban J connectivity index is 1.27. The quantitative estimate of drug-likeness (QED) is 0.164. The van der Waals surface area contributed by atoms with E-state index in [1.165, 1.54) is 10.5 Å². The maximum atomic E-state index is 14.6. The number of aryl methyl sites for hydroxylation is 3. The van der Waals surface area contributed by atoms with E-state index >= 15 is 0 Å². The average molecular weight is 687 g/mol. The highest BCUT2D eigenvalue weighted by molar-refractivity contribution is 5.95. The Hall–Kier alpha value is -5.09. The number of carbonyl (C=O) groups excluding carboxylic acids is 2. The molecule has 1 saturated heterocycles. The van der Waals surface area contributed by atoms with E-state index in [1.54, 1.807) is 6.20 Å². The largest absolute Gasteiger partial charge is 0.486 e. The average Bonchev–Trinajstić information content (AvgIpc) is 3.67. The molecule has 0 N–H and O–H groups in total. The molecule has 2 aromatic heterocycles. The summed E-state index contributed by atoms with van der Waals surface area (Å²) in [6.07, 6.45) is 3.60. The van der Waals surface area contributed by atoms with Crippen molar-refractivity contribution in [1.82, 2.24) is 29.8 Å². The van der Waals surface area contributed by atoms with Crippen LogP contribution in [0.15, 0.2) is 79.1 Å². The van der Waals surface area contributed by atoms with Gasteiger partial charge in [-0.3, -0.25) is 14.7 Å². The summed E-state index contributed by atoms with van der Waals surface area (Å²) < 4.78 is 13.8. The predicted molar refractivity (Wildman–Crippen MR) is 195 cm³/mol. The maximum Gasteiger partial charge on any atom is 0.416 e. The highest BCUT2D eigenvalue weighted by atomic mass is 16.6. The third-order valence-electron chi connectivity index (χ3n) is 10.4. The van der Waals surface area contributed by atoms with Gasteiger partial charge < -0.3 is 9.47 Å². The minimum atomic E-state index is -0.592. The molecule has 1 fully saturated rings. The summed E-state index contributed by atoms with van der Waals surface area (Å²) in [6.45, 7) is 15.4. The zero-order valence-corrected chi connectivity index (χ0v) is 30.3. The van der Waals surface area contributed by atoms with Crippen molar-refractivity contribution < 1.29 is 19.1 Å². The topological polar surface area (TPSA) is 103 Å². The molecule has 2 aliphatic heterocycles.